The average molecular weight is 413 g/mol. The summed E-state index contributed by atoms with van der Waals surface area (Å²) in [6.45, 7) is 4.07. The maximum absolute atomic E-state index is 13.4. The topological polar surface area (TPSA) is 44.9 Å². The lowest BCUT2D eigenvalue weighted by Gasteiger charge is -2.37. The van der Waals surface area contributed by atoms with Gasteiger partial charge < -0.3 is 14.8 Å². The standard InChI is InChI=1S/C26H41N3O/c1-4-5-18-29(2,3)25(19-22-20-28-24-15-11-10-14-23(22)24)26(30)27-17-16-21-12-8-6-7-9-13-21/h10-11,14-15,20-21,25,28H,4-9,12-13,16-19H2,1-3H3/p+1/t25-/m0/s1. The van der Waals surface area contributed by atoms with Gasteiger partial charge in [0.2, 0.25) is 0 Å². The van der Waals surface area contributed by atoms with Crippen LogP contribution in [-0.4, -0.2) is 48.6 Å². The van der Waals surface area contributed by atoms with E-state index in [4.69, 9.17) is 0 Å². The van der Waals surface area contributed by atoms with Gasteiger partial charge in [-0.2, -0.15) is 0 Å². The molecule has 30 heavy (non-hydrogen) atoms. The van der Waals surface area contributed by atoms with Gasteiger partial charge in [0.1, 0.15) is 0 Å². The number of carbonyl (C=O) groups excluding carboxylic acids is 1. The van der Waals surface area contributed by atoms with Gasteiger partial charge in [0.15, 0.2) is 6.04 Å². The van der Waals surface area contributed by atoms with E-state index < -0.39 is 0 Å². The highest BCUT2D eigenvalue weighted by atomic mass is 16.2. The van der Waals surface area contributed by atoms with Crippen molar-refractivity contribution in [3.63, 3.8) is 0 Å². The van der Waals surface area contributed by atoms with Crippen molar-refractivity contribution in [2.75, 3.05) is 27.2 Å². The molecule has 4 heteroatoms. The van der Waals surface area contributed by atoms with Gasteiger partial charge in [-0.3, -0.25) is 4.79 Å². The van der Waals surface area contributed by atoms with E-state index in [9.17, 15) is 4.79 Å². The quantitative estimate of drug-likeness (QED) is 0.396. The molecule has 2 N–H and O–H groups in total. The second-order valence-electron chi connectivity index (χ2n) is 9.87. The normalized spacial score (nSPS) is 17.0. The molecule has 166 valence electrons. The number of benzene rings is 1. The van der Waals surface area contributed by atoms with Gasteiger partial charge in [-0.1, -0.05) is 70.1 Å². The summed E-state index contributed by atoms with van der Waals surface area (Å²) in [7, 11) is 4.44. The van der Waals surface area contributed by atoms with Crippen molar-refractivity contribution in [1.29, 1.82) is 0 Å². The van der Waals surface area contributed by atoms with Crippen molar-refractivity contribution in [2.45, 2.75) is 77.2 Å². The first-order chi connectivity index (χ1) is 14.5. The number of hydrogen-bond donors (Lipinski definition) is 2. The smallest absolute Gasteiger partial charge is 0.278 e. The van der Waals surface area contributed by atoms with Crippen LogP contribution in [0.3, 0.4) is 0 Å². The minimum absolute atomic E-state index is 0.0649. The second kappa shape index (κ2) is 11.0. The van der Waals surface area contributed by atoms with Gasteiger partial charge in [-0.25, -0.2) is 0 Å². The van der Waals surface area contributed by atoms with Crippen LogP contribution < -0.4 is 5.32 Å². The van der Waals surface area contributed by atoms with Crippen molar-refractivity contribution in [3.05, 3.63) is 36.0 Å². The molecule has 1 atom stereocenters. The Morgan fingerprint density at radius 1 is 1.17 bits per heavy atom. The molecular formula is C26H42N3O+. The maximum Gasteiger partial charge on any atom is 0.278 e. The van der Waals surface area contributed by atoms with E-state index in [0.29, 0.717) is 0 Å². The molecule has 4 nitrogen and oxygen atoms in total. The van der Waals surface area contributed by atoms with Crippen LogP contribution in [-0.2, 0) is 11.2 Å². The molecule has 1 saturated carbocycles. The number of fused-ring (bicyclic) bond motifs is 1. The highest BCUT2D eigenvalue weighted by molar-refractivity contribution is 5.85. The largest absolute Gasteiger partial charge is 0.361 e. The lowest BCUT2D eigenvalue weighted by Crippen LogP contribution is -2.57. The lowest BCUT2D eigenvalue weighted by atomic mass is 9.96. The Kier molecular flexibility index (Phi) is 8.38. The Balaban J connectivity index is 1.67. The number of aromatic amines is 1. The van der Waals surface area contributed by atoms with Crippen LogP contribution in [0.2, 0.25) is 0 Å². The molecule has 0 radical (unpaired) electrons. The van der Waals surface area contributed by atoms with E-state index in [1.165, 1.54) is 49.5 Å². The number of rotatable bonds is 10. The molecule has 2 aromatic rings. The molecule has 1 aromatic heterocycles. The number of amides is 1. The zero-order valence-corrected chi connectivity index (χ0v) is 19.4. The van der Waals surface area contributed by atoms with E-state index >= 15 is 0 Å². The van der Waals surface area contributed by atoms with E-state index in [1.54, 1.807) is 0 Å². The SMILES string of the molecule is CCCC[N+](C)(C)[C@@H](Cc1c[nH]c2ccccc12)C(=O)NCCC1CCCCCC1. The number of carbonyl (C=O) groups is 1. The number of nitrogens with one attached hydrogen (secondary N) is 2. The summed E-state index contributed by atoms with van der Waals surface area (Å²) in [5, 5.41) is 4.57. The average Bonchev–Trinajstić information content (AvgIpc) is 2.96. The van der Waals surface area contributed by atoms with Gasteiger partial charge in [-0.15, -0.1) is 0 Å². The molecule has 0 saturated heterocycles. The number of H-pyrrole nitrogens is 1. The van der Waals surface area contributed by atoms with Crippen LogP contribution >= 0.6 is 0 Å². The summed E-state index contributed by atoms with van der Waals surface area (Å²) < 4.78 is 0.739. The van der Waals surface area contributed by atoms with Gasteiger partial charge in [0.05, 0.1) is 20.6 Å². The summed E-state index contributed by atoms with van der Waals surface area (Å²) in [4.78, 5) is 16.8. The molecule has 3 rings (SSSR count). The van der Waals surface area contributed by atoms with Crippen LogP contribution in [0.25, 0.3) is 10.9 Å². The minimum Gasteiger partial charge on any atom is -0.361 e. The molecule has 1 aliphatic carbocycles. The molecule has 0 spiro atoms. The van der Waals surface area contributed by atoms with E-state index in [-0.39, 0.29) is 11.9 Å². The monoisotopic (exact) mass is 412 g/mol. The minimum atomic E-state index is -0.0649. The fraction of sp³-hybridized carbons (Fsp3) is 0.654. The summed E-state index contributed by atoms with van der Waals surface area (Å²) in [6.07, 6.45) is 14.5. The first-order valence-corrected chi connectivity index (χ1v) is 12.2. The molecule has 0 aliphatic heterocycles. The predicted octanol–water partition coefficient (Wildman–Crippen LogP) is 5.43. The lowest BCUT2D eigenvalue weighted by molar-refractivity contribution is -0.906. The Morgan fingerprint density at radius 3 is 2.63 bits per heavy atom. The molecular weight excluding hydrogens is 370 g/mol. The molecule has 1 aromatic carbocycles. The van der Waals surface area contributed by atoms with Gasteiger partial charge >= 0.3 is 0 Å². The second-order valence-corrected chi connectivity index (χ2v) is 9.87. The molecule has 1 heterocycles. The molecule has 0 unspecified atom stereocenters. The number of aromatic nitrogens is 1. The van der Waals surface area contributed by atoms with Crippen molar-refractivity contribution >= 4 is 16.8 Å². The van der Waals surface area contributed by atoms with E-state index in [1.807, 2.05) is 0 Å². The van der Waals surface area contributed by atoms with Crippen molar-refractivity contribution in [2.24, 2.45) is 5.92 Å². The highest BCUT2D eigenvalue weighted by Gasteiger charge is 2.35. The zero-order valence-electron chi connectivity index (χ0n) is 19.4. The van der Waals surface area contributed by atoms with Gasteiger partial charge in [0, 0.05) is 30.1 Å². The summed E-state index contributed by atoms with van der Waals surface area (Å²) in [6, 6.07) is 8.34. The molecule has 1 aliphatic rings. The molecule has 1 fully saturated rings. The van der Waals surface area contributed by atoms with Crippen LogP contribution in [0.15, 0.2) is 30.5 Å². The van der Waals surface area contributed by atoms with Gasteiger partial charge in [0.25, 0.3) is 5.91 Å². The highest BCUT2D eigenvalue weighted by Crippen LogP contribution is 2.25. The fourth-order valence-electron chi connectivity index (χ4n) is 5.06. The first-order valence-electron chi connectivity index (χ1n) is 12.2. The third kappa shape index (κ3) is 6.10. The number of nitrogens with zero attached hydrogens (tertiary/aromatic N) is 1. The number of hydrogen-bond acceptors (Lipinski definition) is 1. The Hall–Kier alpha value is -1.81. The Bertz CT molecular complexity index is 786. The Morgan fingerprint density at radius 2 is 1.90 bits per heavy atom. The number of unbranched alkanes of at least 4 members (excludes halogenated alkanes) is 1. The third-order valence-corrected chi connectivity index (χ3v) is 7.15. The van der Waals surface area contributed by atoms with Crippen molar-refractivity contribution in [3.8, 4) is 0 Å². The zero-order chi connectivity index (χ0) is 21.4. The van der Waals surface area contributed by atoms with Crippen LogP contribution in [0.1, 0.15) is 70.3 Å². The van der Waals surface area contributed by atoms with E-state index in [0.717, 1.165) is 54.7 Å². The van der Waals surface area contributed by atoms with Crippen LogP contribution in [0.5, 0.6) is 0 Å². The van der Waals surface area contributed by atoms with Crippen LogP contribution in [0, 0.1) is 5.92 Å². The first kappa shape index (κ1) is 22.9. The number of para-hydroxylation sites is 1. The summed E-state index contributed by atoms with van der Waals surface area (Å²) in [5.41, 5.74) is 2.40. The summed E-state index contributed by atoms with van der Waals surface area (Å²) in [5.74, 6) is 1.01. The van der Waals surface area contributed by atoms with Crippen LogP contribution in [0.4, 0.5) is 0 Å². The van der Waals surface area contributed by atoms with E-state index in [2.05, 4.69) is 61.8 Å². The fourth-order valence-corrected chi connectivity index (χ4v) is 5.06. The van der Waals surface area contributed by atoms with Crippen molar-refractivity contribution < 1.29 is 9.28 Å². The summed E-state index contributed by atoms with van der Waals surface area (Å²) >= 11 is 0. The predicted molar refractivity (Wildman–Crippen MR) is 126 cm³/mol. The number of quaternary nitrogens is 1. The molecule has 1 amide bonds. The molecule has 0 bridgehead atoms. The van der Waals surface area contributed by atoms with Crippen molar-refractivity contribution in [1.82, 2.24) is 10.3 Å². The number of likely N-dealkylation sites (N-methyl/N-ethyl adjacent to an activating group) is 1. The van der Waals surface area contributed by atoms with Gasteiger partial charge in [-0.05, 0) is 30.4 Å². The third-order valence-electron chi connectivity index (χ3n) is 7.15. The maximum atomic E-state index is 13.4. The Labute approximate surface area is 183 Å².